The van der Waals surface area contributed by atoms with Crippen LogP contribution in [0.4, 0.5) is 0 Å². The molecule has 2 heterocycles. The van der Waals surface area contributed by atoms with E-state index in [1.807, 2.05) is 36.9 Å². The van der Waals surface area contributed by atoms with Crippen LogP contribution in [0.2, 0.25) is 0 Å². The third-order valence-electron chi connectivity index (χ3n) is 4.29. The predicted octanol–water partition coefficient (Wildman–Crippen LogP) is 3.68. The molecule has 1 aromatic heterocycles. The SMILES string of the molecule is CC(C)N(CCc1nc(-c2ccc3c(c2)OCO3)no1)C(=O)CC(C)(C)C. The Labute approximate surface area is 159 Å². The molecule has 0 unspecified atom stereocenters. The molecule has 0 fully saturated rings. The number of benzene rings is 1. The third kappa shape index (κ3) is 4.78. The second-order valence-electron chi connectivity index (χ2n) is 8.25. The summed E-state index contributed by atoms with van der Waals surface area (Å²) in [6.45, 7) is 11.0. The fraction of sp³-hybridized carbons (Fsp3) is 0.550. The molecule has 0 saturated carbocycles. The third-order valence-corrected chi connectivity index (χ3v) is 4.29. The van der Waals surface area contributed by atoms with Gasteiger partial charge in [0.1, 0.15) is 0 Å². The molecular weight excluding hydrogens is 346 g/mol. The van der Waals surface area contributed by atoms with Gasteiger partial charge in [0, 0.05) is 31.0 Å². The van der Waals surface area contributed by atoms with Gasteiger partial charge in [-0.2, -0.15) is 4.98 Å². The van der Waals surface area contributed by atoms with Crippen LogP contribution in [0.1, 0.15) is 46.9 Å². The Bertz CT molecular complexity index is 808. The van der Waals surface area contributed by atoms with Gasteiger partial charge in [-0.05, 0) is 37.5 Å². The van der Waals surface area contributed by atoms with E-state index in [0.717, 1.165) is 5.56 Å². The highest BCUT2D eigenvalue weighted by molar-refractivity contribution is 5.77. The predicted molar refractivity (Wildman–Crippen MR) is 100 cm³/mol. The van der Waals surface area contributed by atoms with Crippen molar-refractivity contribution in [2.45, 2.75) is 53.5 Å². The normalized spacial score (nSPS) is 13.3. The van der Waals surface area contributed by atoms with Gasteiger partial charge in [0.25, 0.3) is 0 Å². The van der Waals surface area contributed by atoms with Gasteiger partial charge < -0.3 is 18.9 Å². The number of carbonyl (C=O) groups excluding carboxylic acids is 1. The van der Waals surface area contributed by atoms with E-state index in [1.165, 1.54) is 0 Å². The number of hydrogen-bond donors (Lipinski definition) is 0. The molecule has 1 aliphatic rings. The van der Waals surface area contributed by atoms with Crippen molar-refractivity contribution in [2.75, 3.05) is 13.3 Å². The Morgan fingerprint density at radius 3 is 2.67 bits per heavy atom. The summed E-state index contributed by atoms with van der Waals surface area (Å²) in [5, 5.41) is 4.05. The number of rotatable bonds is 6. The molecule has 0 atom stereocenters. The second kappa shape index (κ2) is 7.58. The quantitative estimate of drug-likeness (QED) is 0.769. The van der Waals surface area contributed by atoms with Crippen LogP contribution in [0.5, 0.6) is 11.5 Å². The Morgan fingerprint density at radius 2 is 1.96 bits per heavy atom. The number of fused-ring (bicyclic) bond motifs is 1. The van der Waals surface area contributed by atoms with Gasteiger partial charge in [0.2, 0.25) is 24.4 Å². The van der Waals surface area contributed by atoms with Crippen LogP contribution in [0.25, 0.3) is 11.4 Å². The lowest BCUT2D eigenvalue weighted by Crippen LogP contribution is -2.40. The number of ether oxygens (including phenoxy) is 2. The van der Waals surface area contributed by atoms with Gasteiger partial charge in [-0.1, -0.05) is 25.9 Å². The molecule has 3 rings (SSSR count). The minimum absolute atomic E-state index is 0.0404. The number of hydrogen-bond acceptors (Lipinski definition) is 6. The maximum Gasteiger partial charge on any atom is 0.231 e. The van der Waals surface area contributed by atoms with E-state index in [9.17, 15) is 4.79 Å². The lowest BCUT2D eigenvalue weighted by Gasteiger charge is -2.29. The Kier molecular flexibility index (Phi) is 5.39. The monoisotopic (exact) mass is 373 g/mol. The summed E-state index contributed by atoms with van der Waals surface area (Å²) in [6, 6.07) is 5.66. The summed E-state index contributed by atoms with van der Waals surface area (Å²) in [7, 11) is 0. The first-order chi connectivity index (χ1) is 12.7. The van der Waals surface area contributed by atoms with Crippen molar-refractivity contribution in [3.63, 3.8) is 0 Å². The smallest absolute Gasteiger partial charge is 0.231 e. The largest absolute Gasteiger partial charge is 0.454 e. The first kappa shape index (κ1) is 19.2. The van der Waals surface area contributed by atoms with Gasteiger partial charge in [0.05, 0.1) is 0 Å². The van der Waals surface area contributed by atoms with Crippen molar-refractivity contribution in [2.24, 2.45) is 5.41 Å². The molecule has 0 spiro atoms. The Morgan fingerprint density at radius 1 is 1.22 bits per heavy atom. The molecule has 0 bridgehead atoms. The van der Waals surface area contributed by atoms with E-state index in [2.05, 4.69) is 30.9 Å². The molecule has 0 N–H and O–H groups in total. The standard InChI is InChI=1S/C20H27N3O4/c1-13(2)23(18(24)11-20(3,4)5)9-8-17-21-19(22-27-17)14-6-7-15-16(10-14)26-12-25-15/h6-7,10,13H,8-9,11-12H2,1-5H3. The summed E-state index contributed by atoms with van der Waals surface area (Å²) in [6.07, 6.45) is 1.03. The maximum atomic E-state index is 12.6. The number of carbonyl (C=O) groups is 1. The van der Waals surface area contributed by atoms with Crippen LogP contribution in [-0.4, -0.2) is 40.3 Å². The molecule has 1 aliphatic heterocycles. The van der Waals surface area contributed by atoms with E-state index in [-0.39, 0.29) is 24.2 Å². The molecule has 0 aliphatic carbocycles. The van der Waals surface area contributed by atoms with Crippen molar-refractivity contribution in [1.29, 1.82) is 0 Å². The summed E-state index contributed by atoms with van der Waals surface area (Å²) < 4.78 is 16.1. The molecule has 2 aromatic rings. The number of amides is 1. The van der Waals surface area contributed by atoms with Crippen molar-refractivity contribution in [3.8, 4) is 22.9 Å². The van der Waals surface area contributed by atoms with Gasteiger partial charge in [-0.15, -0.1) is 0 Å². The summed E-state index contributed by atoms with van der Waals surface area (Å²) in [5.41, 5.74) is 0.764. The minimum atomic E-state index is -0.0404. The zero-order valence-electron chi connectivity index (χ0n) is 16.6. The van der Waals surface area contributed by atoms with Crippen molar-refractivity contribution in [1.82, 2.24) is 15.0 Å². The summed E-state index contributed by atoms with van der Waals surface area (Å²) in [5.74, 6) is 2.55. The molecule has 7 heteroatoms. The summed E-state index contributed by atoms with van der Waals surface area (Å²) >= 11 is 0. The van der Waals surface area contributed by atoms with Crippen LogP contribution < -0.4 is 9.47 Å². The first-order valence-corrected chi connectivity index (χ1v) is 9.25. The van der Waals surface area contributed by atoms with Crippen LogP contribution in [0, 0.1) is 5.41 Å². The molecule has 0 radical (unpaired) electrons. The van der Waals surface area contributed by atoms with Gasteiger partial charge in [-0.25, -0.2) is 0 Å². The van der Waals surface area contributed by atoms with Crippen LogP contribution in [0.15, 0.2) is 22.7 Å². The molecule has 0 saturated heterocycles. The molecule has 7 nitrogen and oxygen atoms in total. The van der Waals surface area contributed by atoms with Crippen molar-refractivity contribution in [3.05, 3.63) is 24.1 Å². The van der Waals surface area contributed by atoms with E-state index < -0.39 is 0 Å². The van der Waals surface area contributed by atoms with Gasteiger partial charge >= 0.3 is 0 Å². The maximum absolute atomic E-state index is 12.6. The van der Waals surface area contributed by atoms with E-state index in [0.29, 0.717) is 42.6 Å². The van der Waals surface area contributed by atoms with Crippen LogP contribution in [0.3, 0.4) is 0 Å². The van der Waals surface area contributed by atoms with Crippen LogP contribution >= 0.6 is 0 Å². The average Bonchev–Trinajstić information content (AvgIpc) is 3.21. The number of nitrogens with zero attached hydrogens (tertiary/aromatic N) is 3. The molecule has 1 aromatic carbocycles. The fourth-order valence-electron chi connectivity index (χ4n) is 2.95. The zero-order valence-corrected chi connectivity index (χ0v) is 16.6. The molecule has 1 amide bonds. The molecular formula is C20H27N3O4. The highest BCUT2D eigenvalue weighted by Crippen LogP contribution is 2.35. The second-order valence-corrected chi connectivity index (χ2v) is 8.25. The van der Waals surface area contributed by atoms with Crippen molar-refractivity contribution < 1.29 is 18.8 Å². The first-order valence-electron chi connectivity index (χ1n) is 9.25. The lowest BCUT2D eigenvalue weighted by molar-refractivity contribution is -0.134. The van der Waals surface area contributed by atoms with E-state index >= 15 is 0 Å². The number of aromatic nitrogens is 2. The summed E-state index contributed by atoms with van der Waals surface area (Å²) in [4.78, 5) is 18.9. The Hall–Kier alpha value is -2.57. The van der Waals surface area contributed by atoms with Gasteiger partial charge in [-0.3, -0.25) is 4.79 Å². The highest BCUT2D eigenvalue weighted by atomic mass is 16.7. The fourth-order valence-corrected chi connectivity index (χ4v) is 2.95. The lowest BCUT2D eigenvalue weighted by atomic mass is 9.91. The highest BCUT2D eigenvalue weighted by Gasteiger charge is 2.24. The van der Waals surface area contributed by atoms with Crippen molar-refractivity contribution >= 4 is 5.91 Å². The zero-order chi connectivity index (χ0) is 19.6. The van der Waals surface area contributed by atoms with Crippen LogP contribution in [-0.2, 0) is 11.2 Å². The van der Waals surface area contributed by atoms with E-state index in [1.54, 1.807) is 0 Å². The molecule has 27 heavy (non-hydrogen) atoms. The van der Waals surface area contributed by atoms with Gasteiger partial charge in [0.15, 0.2) is 11.5 Å². The molecule has 146 valence electrons. The average molecular weight is 373 g/mol. The topological polar surface area (TPSA) is 77.7 Å². The minimum Gasteiger partial charge on any atom is -0.454 e. The Balaban J connectivity index is 1.65. The van der Waals surface area contributed by atoms with E-state index in [4.69, 9.17) is 14.0 Å².